The lowest BCUT2D eigenvalue weighted by Crippen LogP contribution is -2.66. The van der Waals surface area contributed by atoms with E-state index in [-0.39, 0.29) is 23.7 Å². The van der Waals surface area contributed by atoms with Crippen molar-refractivity contribution >= 4 is 11.8 Å². The first-order chi connectivity index (χ1) is 10.9. The molecule has 0 aromatic carbocycles. The minimum atomic E-state index is -0.832. The first-order valence-electron chi connectivity index (χ1n) is 8.70. The maximum atomic E-state index is 13.0. The number of unbranched alkanes of at least 4 members (excludes halogenated alkanes) is 1. The van der Waals surface area contributed by atoms with Crippen LogP contribution in [0.15, 0.2) is 12.7 Å². The zero-order chi connectivity index (χ0) is 17.5. The second-order valence-corrected chi connectivity index (χ2v) is 7.00. The normalized spacial score (nSPS) is 27.5. The lowest BCUT2D eigenvalue weighted by molar-refractivity contribution is -0.138. The SMILES string of the molecule is C=C[C@@H]1CC[C@@H](CN(C)C)[C@](NC(C)=O)(C(=O)NCCCC)C1. The topological polar surface area (TPSA) is 61.4 Å². The van der Waals surface area contributed by atoms with Crippen molar-refractivity contribution in [1.29, 1.82) is 0 Å². The van der Waals surface area contributed by atoms with Gasteiger partial charge in [-0.05, 0) is 45.7 Å². The highest BCUT2D eigenvalue weighted by Gasteiger charge is 2.49. The van der Waals surface area contributed by atoms with E-state index in [1.807, 2.05) is 20.2 Å². The number of amides is 2. The van der Waals surface area contributed by atoms with Crippen molar-refractivity contribution in [3.63, 3.8) is 0 Å². The fourth-order valence-corrected chi connectivity index (χ4v) is 3.57. The summed E-state index contributed by atoms with van der Waals surface area (Å²) >= 11 is 0. The lowest BCUT2D eigenvalue weighted by Gasteiger charge is -2.46. The zero-order valence-corrected chi connectivity index (χ0v) is 15.2. The highest BCUT2D eigenvalue weighted by molar-refractivity contribution is 5.91. The Balaban J connectivity index is 3.08. The summed E-state index contributed by atoms with van der Waals surface area (Å²) in [6.07, 6.45) is 6.46. The Hall–Kier alpha value is -1.36. The summed E-state index contributed by atoms with van der Waals surface area (Å²) < 4.78 is 0. The van der Waals surface area contributed by atoms with Crippen molar-refractivity contribution < 1.29 is 9.59 Å². The van der Waals surface area contributed by atoms with E-state index in [1.165, 1.54) is 6.92 Å². The number of rotatable bonds is 8. The summed E-state index contributed by atoms with van der Waals surface area (Å²) in [4.78, 5) is 26.9. The van der Waals surface area contributed by atoms with Gasteiger partial charge in [0, 0.05) is 25.9 Å². The molecule has 0 aromatic rings. The first kappa shape index (κ1) is 19.7. The van der Waals surface area contributed by atoms with Gasteiger partial charge in [0.1, 0.15) is 5.54 Å². The molecule has 23 heavy (non-hydrogen) atoms. The van der Waals surface area contributed by atoms with Crippen LogP contribution in [0.2, 0.25) is 0 Å². The number of carbonyl (C=O) groups is 2. The molecule has 1 saturated carbocycles. The van der Waals surface area contributed by atoms with Crippen LogP contribution in [0.25, 0.3) is 0 Å². The summed E-state index contributed by atoms with van der Waals surface area (Å²) in [5.41, 5.74) is -0.832. The van der Waals surface area contributed by atoms with E-state index in [0.29, 0.717) is 13.0 Å². The zero-order valence-electron chi connectivity index (χ0n) is 15.2. The van der Waals surface area contributed by atoms with E-state index >= 15 is 0 Å². The van der Waals surface area contributed by atoms with Crippen molar-refractivity contribution in [2.75, 3.05) is 27.2 Å². The van der Waals surface area contributed by atoms with Crippen LogP contribution in [-0.4, -0.2) is 49.4 Å². The Morgan fingerprint density at radius 2 is 2.04 bits per heavy atom. The molecule has 1 aliphatic carbocycles. The second-order valence-electron chi connectivity index (χ2n) is 7.00. The van der Waals surface area contributed by atoms with E-state index in [0.717, 1.165) is 32.2 Å². The molecule has 0 spiro atoms. The van der Waals surface area contributed by atoms with Crippen LogP contribution in [0.4, 0.5) is 0 Å². The van der Waals surface area contributed by atoms with Crippen LogP contribution in [0.3, 0.4) is 0 Å². The number of nitrogens with zero attached hydrogens (tertiary/aromatic N) is 1. The molecule has 1 fully saturated rings. The van der Waals surface area contributed by atoms with Crippen LogP contribution in [0, 0.1) is 11.8 Å². The smallest absolute Gasteiger partial charge is 0.246 e. The maximum absolute atomic E-state index is 13.0. The summed E-state index contributed by atoms with van der Waals surface area (Å²) in [6.45, 7) is 8.92. The molecule has 5 heteroatoms. The fraction of sp³-hybridized carbons (Fsp3) is 0.778. The van der Waals surface area contributed by atoms with E-state index in [9.17, 15) is 9.59 Å². The van der Waals surface area contributed by atoms with Crippen LogP contribution in [-0.2, 0) is 9.59 Å². The van der Waals surface area contributed by atoms with Gasteiger partial charge >= 0.3 is 0 Å². The van der Waals surface area contributed by atoms with Gasteiger partial charge in [-0.1, -0.05) is 19.4 Å². The van der Waals surface area contributed by atoms with Crippen molar-refractivity contribution in [2.45, 2.75) is 51.5 Å². The minimum absolute atomic E-state index is 0.0421. The van der Waals surface area contributed by atoms with Crippen molar-refractivity contribution in [3.8, 4) is 0 Å². The molecule has 1 rings (SSSR count). The highest BCUT2D eigenvalue weighted by Crippen LogP contribution is 2.38. The molecule has 1 aliphatic rings. The third-order valence-electron chi connectivity index (χ3n) is 4.71. The van der Waals surface area contributed by atoms with E-state index in [1.54, 1.807) is 0 Å². The van der Waals surface area contributed by atoms with Crippen LogP contribution in [0.1, 0.15) is 46.0 Å². The molecule has 2 amide bonds. The molecule has 132 valence electrons. The third kappa shape index (κ3) is 5.34. The average molecular weight is 323 g/mol. The van der Waals surface area contributed by atoms with Crippen molar-refractivity contribution in [1.82, 2.24) is 15.5 Å². The molecule has 5 nitrogen and oxygen atoms in total. The number of nitrogens with one attached hydrogen (secondary N) is 2. The quantitative estimate of drug-likeness (QED) is 0.530. The monoisotopic (exact) mass is 323 g/mol. The largest absolute Gasteiger partial charge is 0.354 e. The molecule has 2 N–H and O–H groups in total. The summed E-state index contributed by atoms with van der Waals surface area (Å²) in [6, 6.07) is 0. The molecule has 0 bridgehead atoms. The molecule has 0 saturated heterocycles. The predicted octanol–water partition coefficient (Wildman–Crippen LogP) is 1.94. The summed E-state index contributed by atoms with van der Waals surface area (Å²) in [5, 5.41) is 6.06. The van der Waals surface area contributed by atoms with Gasteiger partial charge in [-0.3, -0.25) is 9.59 Å². The van der Waals surface area contributed by atoms with Gasteiger partial charge in [0.05, 0.1) is 0 Å². The van der Waals surface area contributed by atoms with Gasteiger partial charge < -0.3 is 15.5 Å². The van der Waals surface area contributed by atoms with E-state index in [2.05, 4.69) is 29.0 Å². The molecule has 0 heterocycles. The average Bonchev–Trinajstić information content (AvgIpc) is 2.48. The summed E-state index contributed by atoms with van der Waals surface area (Å²) in [7, 11) is 4.01. The first-order valence-corrected chi connectivity index (χ1v) is 8.70. The molecule has 0 unspecified atom stereocenters. The van der Waals surface area contributed by atoms with Crippen LogP contribution in [0.5, 0.6) is 0 Å². The van der Waals surface area contributed by atoms with Gasteiger partial charge in [0.25, 0.3) is 0 Å². The Morgan fingerprint density at radius 1 is 1.35 bits per heavy atom. The molecule has 0 radical (unpaired) electrons. The minimum Gasteiger partial charge on any atom is -0.354 e. The number of carbonyl (C=O) groups excluding carboxylic acids is 2. The number of hydrogen-bond donors (Lipinski definition) is 2. The Morgan fingerprint density at radius 3 is 2.57 bits per heavy atom. The second kappa shape index (κ2) is 9.06. The maximum Gasteiger partial charge on any atom is 0.246 e. The molecular weight excluding hydrogens is 290 g/mol. The Kier molecular flexibility index (Phi) is 7.76. The van der Waals surface area contributed by atoms with E-state index < -0.39 is 5.54 Å². The predicted molar refractivity (Wildman–Crippen MR) is 94.0 cm³/mol. The standard InChI is InChI=1S/C18H33N3O2/c1-6-8-11-19-17(23)18(20-14(3)22)12-15(7-2)9-10-16(18)13-21(4)5/h7,15-16H,2,6,8-13H2,1,3-5H3,(H,19,23)(H,20,22)/t15-,16+,18+/m1/s1. The number of allylic oxidation sites excluding steroid dienone is 1. The Labute approximate surface area is 140 Å². The fourth-order valence-electron chi connectivity index (χ4n) is 3.57. The molecule has 0 aliphatic heterocycles. The van der Waals surface area contributed by atoms with Crippen molar-refractivity contribution in [3.05, 3.63) is 12.7 Å². The molecular formula is C18H33N3O2. The van der Waals surface area contributed by atoms with Gasteiger partial charge in [-0.25, -0.2) is 0 Å². The highest BCUT2D eigenvalue weighted by atomic mass is 16.2. The van der Waals surface area contributed by atoms with Gasteiger partial charge in [0.15, 0.2) is 0 Å². The van der Waals surface area contributed by atoms with Crippen molar-refractivity contribution in [2.24, 2.45) is 11.8 Å². The Bertz CT molecular complexity index is 422. The molecule has 3 atom stereocenters. The molecule has 0 aromatic heterocycles. The van der Waals surface area contributed by atoms with Crippen LogP contribution < -0.4 is 10.6 Å². The van der Waals surface area contributed by atoms with Gasteiger partial charge in [0.2, 0.25) is 11.8 Å². The van der Waals surface area contributed by atoms with E-state index in [4.69, 9.17) is 0 Å². The number of hydrogen-bond acceptors (Lipinski definition) is 3. The van der Waals surface area contributed by atoms with Crippen LogP contribution >= 0.6 is 0 Å². The third-order valence-corrected chi connectivity index (χ3v) is 4.71. The summed E-state index contributed by atoms with van der Waals surface area (Å²) in [5.74, 6) is 0.181. The van der Waals surface area contributed by atoms with Gasteiger partial charge in [-0.15, -0.1) is 6.58 Å². The van der Waals surface area contributed by atoms with Gasteiger partial charge in [-0.2, -0.15) is 0 Å². The lowest BCUT2D eigenvalue weighted by atomic mass is 9.67.